The number of anilines is 1. The Balaban J connectivity index is 1.46. The van der Waals surface area contributed by atoms with Crippen LogP contribution in [0.25, 0.3) is 10.9 Å². The molecule has 3 aromatic rings. The molecule has 0 radical (unpaired) electrons. The third-order valence-corrected chi connectivity index (χ3v) is 5.30. The third kappa shape index (κ3) is 3.45. The number of hydrogen-bond donors (Lipinski definition) is 2. The highest BCUT2D eigenvalue weighted by Crippen LogP contribution is 2.24. The Hall–Kier alpha value is -2.37. The van der Waals surface area contributed by atoms with Crippen LogP contribution in [0.15, 0.2) is 47.3 Å². The summed E-state index contributed by atoms with van der Waals surface area (Å²) in [6.07, 6.45) is 0. The van der Waals surface area contributed by atoms with E-state index in [0.29, 0.717) is 5.39 Å². The van der Waals surface area contributed by atoms with Gasteiger partial charge >= 0.3 is 0 Å². The molecule has 1 fully saturated rings. The number of aryl methyl sites for hydroxylation is 1. The predicted octanol–water partition coefficient (Wildman–Crippen LogP) is 1.79. The number of fused-ring (bicyclic) bond motifs is 1. The van der Waals surface area contributed by atoms with Crippen molar-refractivity contribution in [2.24, 2.45) is 0 Å². The molecule has 1 aliphatic heterocycles. The topological polar surface area (TPSA) is 53.4 Å². The van der Waals surface area contributed by atoms with Crippen molar-refractivity contribution in [3.63, 3.8) is 0 Å². The zero-order valence-electron chi connectivity index (χ0n) is 14.8. The van der Waals surface area contributed by atoms with E-state index in [0.717, 1.165) is 49.1 Å². The highest BCUT2D eigenvalue weighted by Gasteiger charge is 2.22. The number of hydrogen-bond acceptors (Lipinski definition) is 3. The molecule has 0 atom stereocenters. The molecule has 134 valence electrons. The molecule has 0 unspecified atom stereocenters. The zero-order valence-corrected chi connectivity index (χ0v) is 15.5. The van der Waals surface area contributed by atoms with Gasteiger partial charge in [0.05, 0.1) is 37.1 Å². The van der Waals surface area contributed by atoms with E-state index < -0.39 is 0 Å². The van der Waals surface area contributed by atoms with Crippen LogP contribution >= 0.6 is 11.6 Å². The van der Waals surface area contributed by atoms with E-state index >= 15 is 0 Å². The number of rotatable bonds is 3. The van der Waals surface area contributed by atoms with Crippen molar-refractivity contribution in [3.05, 3.63) is 69.2 Å². The van der Waals surface area contributed by atoms with Gasteiger partial charge in [0, 0.05) is 10.7 Å². The van der Waals surface area contributed by atoms with Crippen molar-refractivity contribution in [1.82, 2.24) is 9.97 Å². The predicted molar refractivity (Wildman–Crippen MR) is 105 cm³/mol. The number of para-hydroxylation sites is 1. The maximum absolute atomic E-state index is 12.2. The largest absolute Gasteiger partial charge is 0.360 e. The summed E-state index contributed by atoms with van der Waals surface area (Å²) in [4.78, 5) is 23.6. The molecule has 1 aliphatic rings. The Morgan fingerprint density at radius 1 is 1.19 bits per heavy atom. The van der Waals surface area contributed by atoms with Gasteiger partial charge in [-0.1, -0.05) is 29.8 Å². The van der Waals surface area contributed by atoms with Gasteiger partial charge in [-0.15, -0.1) is 0 Å². The van der Waals surface area contributed by atoms with Crippen LogP contribution in [-0.2, 0) is 6.54 Å². The normalized spacial score (nSPS) is 15.5. The number of H-pyrrole nitrogens is 1. The van der Waals surface area contributed by atoms with Gasteiger partial charge in [0.2, 0.25) is 0 Å². The minimum atomic E-state index is -0.0572. The number of halogens is 1. The van der Waals surface area contributed by atoms with Crippen LogP contribution in [-0.4, -0.2) is 36.1 Å². The molecule has 2 heterocycles. The van der Waals surface area contributed by atoms with E-state index in [4.69, 9.17) is 11.6 Å². The lowest BCUT2D eigenvalue weighted by Crippen LogP contribution is -3.13. The van der Waals surface area contributed by atoms with Crippen LogP contribution in [0.4, 0.5) is 5.69 Å². The first-order chi connectivity index (χ1) is 12.6. The van der Waals surface area contributed by atoms with Gasteiger partial charge in [-0.3, -0.25) is 4.79 Å². The van der Waals surface area contributed by atoms with Crippen molar-refractivity contribution in [1.29, 1.82) is 0 Å². The summed E-state index contributed by atoms with van der Waals surface area (Å²) in [5.41, 5.74) is 3.17. The van der Waals surface area contributed by atoms with Crippen LogP contribution in [0.5, 0.6) is 0 Å². The van der Waals surface area contributed by atoms with Crippen LogP contribution in [0.3, 0.4) is 0 Å². The molecule has 2 N–H and O–H groups in total. The van der Waals surface area contributed by atoms with Gasteiger partial charge < -0.3 is 14.8 Å². The molecule has 2 aromatic carbocycles. The van der Waals surface area contributed by atoms with Gasteiger partial charge in [-0.2, -0.15) is 0 Å². The highest BCUT2D eigenvalue weighted by atomic mass is 35.5. The number of aromatic nitrogens is 2. The standard InChI is InChI=1S/C20H21ClN4O/c1-14-6-7-15(21)12-18(14)25-10-8-24(9-11-25)13-19-22-17-5-3-2-4-16(17)20(26)23-19/h2-7,12H,8-11,13H2,1H3,(H,22,23,26)/p+1. The van der Waals surface area contributed by atoms with E-state index in [1.165, 1.54) is 16.2 Å². The minimum absolute atomic E-state index is 0.0572. The first-order valence-corrected chi connectivity index (χ1v) is 9.30. The molecule has 4 rings (SSSR count). The number of nitrogens with one attached hydrogen (secondary N) is 2. The van der Waals surface area contributed by atoms with Crippen LogP contribution in [0, 0.1) is 6.92 Å². The Labute approximate surface area is 157 Å². The lowest BCUT2D eigenvalue weighted by atomic mass is 10.1. The molecular weight excluding hydrogens is 348 g/mol. The Morgan fingerprint density at radius 3 is 2.77 bits per heavy atom. The molecule has 0 aliphatic carbocycles. The van der Waals surface area contributed by atoms with Gasteiger partial charge in [0.25, 0.3) is 5.56 Å². The number of quaternary nitrogens is 1. The average Bonchev–Trinajstić information content (AvgIpc) is 2.64. The van der Waals surface area contributed by atoms with E-state index in [1.807, 2.05) is 36.4 Å². The maximum Gasteiger partial charge on any atom is 0.258 e. The van der Waals surface area contributed by atoms with Crippen LogP contribution in [0.1, 0.15) is 11.4 Å². The number of piperazine rings is 1. The fourth-order valence-corrected chi connectivity index (χ4v) is 3.79. The second kappa shape index (κ2) is 7.09. The zero-order chi connectivity index (χ0) is 18.1. The fraction of sp³-hybridized carbons (Fsp3) is 0.300. The van der Waals surface area contributed by atoms with E-state index in [-0.39, 0.29) is 5.56 Å². The summed E-state index contributed by atoms with van der Waals surface area (Å²) < 4.78 is 0. The molecule has 0 saturated carbocycles. The first kappa shape index (κ1) is 17.1. The average molecular weight is 370 g/mol. The van der Waals surface area contributed by atoms with Crippen LogP contribution in [0.2, 0.25) is 5.02 Å². The van der Waals surface area contributed by atoms with E-state index in [9.17, 15) is 4.79 Å². The molecular formula is C20H22ClN4O+. The van der Waals surface area contributed by atoms with Crippen LogP contribution < -0.4 is 15.4 Å². The second-order valence-corrected chi connectivity index (χ2v) is 7.31. The number of aromatic amines is 1. The summed E-state index contributed by atoms with van der Waals surface area (Å²) in [5.74, 6) is 0.760. The van der Waals surface area contributed by atoms with Gasteiger partial charge in [0.1, 0.15) is 6.54 Å². The molecule has 1 aromatic heterocycles. The Bertz CT molecular complexity index is 993. The van der Waals surface area contributed by atoms with Crippen molar-refractivity contribution < 1.29 is 4.90 Å². The van der Waals surface area contributed by atoms with Gasteiger partial charge in [-0.25, -0.2) is 4.98 Å². The Kier molecular flexibility index (Phi) is 4.66. The lowest BCUT2D eigenvalue weighted by molar-refractivity contribution is -0.915. The highest BCUT2D eigenvalue weighted by molar-refractivity contribution is 6.30. The lowest BCUT2D eigenvalue weighted by Gasteiger charge is -2.34. The molecule has 0 amide bonds. The van der Waals surface area contributed by atoms with Crippen molar-refractivity contribution >= 4 is 28.2 Å². The quantitative estimate of drug-likeness (QED) is 0.740. The van der Waals surface area contributed by atoms with Crippen molar-refractivity contribution in [2.45, 2.75) is 13.5 Å². The minimum Gasteiger partial charge on any atom is -0.360 e. The molecule has 6 heteroatoms. The summed E-state index contributed by atoms with van der Waals surface area (Å²) in [6, 6.07) is 13.5. The van der Waals surface area contributed by atoms with E-state index in [2.05, 4.69) is 27.9 Å². The molecule has 26 heavy (non-hydrogen) atoms. The third-order valence-electron chi connectivity index (χ3n) is 5.06. The molecule has 1 saturated heterocycles. The fourth-order valence-electron chi connectivity index (χ4n) is 3.62. The first-order valence-electron chi connectivity index (χ1n) is 8.93. The monoisotopic (exact) mass is 369 g/mol. The van der Waals surface area contributed by atoms with E-state index in [1.54, 1.807) is 0 Å². The Morgan fingerprint density at radius 2 is 1.96 bits per heavy atom. The number of nitrogens with zero attached hydrogens (tertiary/aromatic N) is 2. The number of benzene rings is 2. The summed E-state index contributed by atoms with van der Waals surface area (Å²) in [6.45, 7) is 6.80. The van der Waals surface area contributed by atoms with Crippen molar-refractivity contribution in [3.8, 4) is 0 Å². The van der Waals surface area contributed by atoms with Gasteiger partial charge in [-0.05, 0) is 36.8 Å². The summed E-state index contributed by atoms with van der Waals surface area (Å²) in [5, 5.41) is 1.42. The molecule has 0 spiro atoms. The molecule has 5 nitrogen and oxygen atoms in total. The SMILES string of the molecule is Cc1ccc(Cl)cc1N1CC[NH+](Cc2nc3ccccc3c(=O)[nH]2)CC1. The summed E-state index contributed by atoms with van der Waals surface area (Å²) in [7, 11) is 0. The second-order valence-electron chi connectivity index (χ2n) is 6.87. The molecule has 0 bridgehead atoms. The smallest absolute Gasteiger partial charge is 0.258 e. The summed E-state index contributed by atoms with van der Waals surface area (Å²) >= 11 is 6.16. The van der Waals surface area contributed by atoms with Crippen molar-refractivity contribution in [2.75, 3.05) is 31.1 Å². The maximum atomic E-state index is 12.2. The van der Waals surface area contributed by atoms with Gasteiger partial charge in [0.15, 0.2) is 5.82 Å².